The average Bonchev–Trinajstić information content (AvgIpc) is 3.53. The van der Waals surface area contributed by atoms with Crippen molar-refractivity contribution in [2.75, 3.05) is 31.2 Å². The van der Waals surface area contributed by atoms with Gasteiger partial charge in [0, 0.05) is 24.5 Å². The van der Waals surface area contributed by atoms with Crippen molar-refractivity contribution in [3.8, 4) is 0 Å². The molecule has 1 aromatic carbocycles. The molecule has 3 aliphatic rings. The van der Waals surface area contributed by atoms with Crippen LogP contribution in [0.3, 0.4) is 0 Å². The van der Waals surface area contributed by atoms with Crippen LogP contribution in [0.5, 0.6) is 0 Å². The molecular weight excluding hydrogens is 612 g/mol. The van der Waals surface area contributed by atoms with Gasteiger partial charge in [-0.3, -0.25) is 14.4 Å². The van der Waals surface area contributed by atoms with Gasteiger partial charge in [-0.15, -0.1) is 13.2 Å². The fourth-order valence-corrected chi connectivity index (χ4v) is 7.96. The van der Waals surface area contributed by atoms with E-state index in [0.717, 1.165) is 18.4 Å². The van der Waals surface area contributed by atoms with Crippen LogP contribution in [0.4, 0.5) is 5.69 Å². The van der Waals surface area contributed by atoms with Gasteiger partial charge in [0.05, 0.1) is 35.3 Å². The van der Waals surface area contributed by atoms with E-state index in [1.807, 2.05) is 19.1 Å². The Hall–Kier alpha value is -2.20. The SMILES string of the molecule is C=CCCCOC(=O)[C@H]1[C@@H]2OC3(CC2Br)C(C(=O)N(CC=C)c2c(C)cccc2Cl)N(CCCCCCO)C(=O)[C@H]13. The third kappa shape index (κ3) is 6.01. The quantitative estimate of drug-likeness (QED) is 0.124. The van der Waals surface area contributed by atoms with Gasteiger partial charge in [-0.1, -0.05) is 64.7 Å². The van der Waals surface area contributed by atoms with Crippen molar-refractivity contribution in [1.82, 2.24) is 4.90 Å². The van der Waals surface area contributed by atoms with Crippen LogP contribution >= 0.6 is 27.5 Å². The highest BCUT2D eigenvalue weighted by molar-refractivity contribution is 9.09. The molecule has 0 saturated carbocycles. The number of carbonyl (C=O) groups is 3. The summed E-state index contributed by atoms with van der Waals surface area (Å²) in [6.07, 6.45) is 7.54. The van der Waals surface area contributed by atoms with Crippen molar-refractivity contribution in [2.45, 2.75) is 74.4 Å². The van der Waals surface area contributed by atoms with E-state index >= 15 is 0 Å². The Morgan fingerprint density at radius 2 is 2.00 bits per heavy atom. The number of esters is 1. The van der Waals surface area contributed by atoms with Crippen LogP contribution in [0.1, 0.15) is 50.5 Å². The van der Waals surface area contributed by atoms with Gasteiger partial charge in [-0.2, -0.15) is 0 Å². The number of hydrogen-bond acceptors (Lipinski definition) is 6. The number of carbonyl (C=O) groups excluding carboxylic acids is 3. The lowest BCUT2D eigenvalue weighted by Gasteiger charge is -2.37. The van der Waals surface area contributed by atoms with E-state index in [4.69, 9.17) is 21.1 Å². The lowest BCUT2D eigenvalue weighted by Crippen LogP contribution is -2.57. The molecule has 0 aromatic heterocycles. The van der Waals surface area contributed by atoms with Gasteiger partial charge in [0.2, 0.25) is 5.91 Å². The van der Waals surface area contributed by atoms with Gasteiger partial charge in [0.25, 0.3) is 5.91 Å². The number of allylic oxidation sites excluding steroid dienone is 1. The number of fused-ring (bicyclic) bond motifs is 1. The van der Waals surface area contributed by atoms with E-state index in [2.05, 4.69) is 29.1 Å². The van der Waals surface area contributed by atoms with Gasteiger partial charge < -0.3 is 24.4 Å². The van der Waals surface area contributed by atoms with Crippen LogP contribution < -0.4 is 4.90 Å². The van der Waals surface area contributed by atoms with E-state index in [-0.39, 0.29) is 36.4 Å². The number of hydrogen-bond donors (Lipinski definition) is 1. The summed E-state index contributed by atoms with van der Waals surface area (Å²) in [5.74, 6) is -2.67. The largest absolute Gasteiger partial charge is 0.465 e. The molecule has 1 aromatic rings. The number of unbranched alkanes of at least 4 members (excludes halogenated alkanes) is 4. The number of benzene rings is 1. The summed E-state index contributed by atoms with van der Waals surface area (Å²) in [6.45, 7) is 10.3. The molecule has 3 saturated heterocycles. The molecule has 8 nitrogen and oxygen atoms in total. The van der Waals surface area contributed by atoms with Gasteiger partial charge in [0.15, 0.2) is 0 Å². The van der Waals surface area contributed by atoms with E-state index in [1.165, 1.54) is 0 Å². The number of rotatable bonds is 15. The molecule has 10 heteroatoms. The molecule has 2 bridgehead atoms. The summed E-state index contributed by atoms with van der Waals surface area (Å²) in [7, 11) is 0. The van der Waals surface area contributed by atoms with Crippen LogP contribution in [0, 0.1) is 18.8 Å². The molecule has 6 atom stereocenters. The normalized spacial score (nSPS) is 28.0. The van der Waals surface area contributed by atoms with Crippen LogP contribution in [0.2, 0.25) is 5.02 Å². The molecule has 2 amide bonds. The van der Waals surface area contributed by atoms with Crippen molar-refractivity contribution >= 4 is 51.0 Å². The number of likely N-dealkylation sites (tertiary alicyclic amines) is 1. The maximum Gasteiger partial charge on any atom is 0.312 e. The van der Waals surface area contributed by atoms with Crippen LogP contribution in [-0.2, 0) is 23.9 Å². The monoisotopic (exact) mass is 650 g/mol. The van der Waals surface area contributed by atoms with Crippen LogP contribution in [0.15, 0.2) is 43.5 Å². The van der Waals surface area contributed by atoms with E-state index in [1.54, 1.807) is 28.0 Å². The Bertz CT molecular complexity index is 1140. The predicted molar refractivity (Wildman–Crippen MR) is 162 cm³/mol. The Labute approximate surface area is 255 Å². The Balaban J connectivity index is 1.72. The topological polar surface area (TPSA) is 96.4 Å². The molecule has 1 N–H and O–H groups in total. The summed E-state index contributed by atoms with van der Waals surface area (Å²) in [4.78, 5) is 45.3. The Kier molecular flexibility index (Phi) is 10.7. The van der Waals surface area contributed by atoms with E-state index in [0.29, 0.717) is 49.4 Å². The number of ether oxygens (including phenoxy) is 2. The van der Waals surface area contributed by atoms with Gasteiger partial charge in [-0.25, -0.2) is 0 Å². The number of anilines is 1. The molecule has 0 aliphatic carbocycles. The molecular formula is C31H40BrClN2O6. The van der Waals surface area contributed by atoms with Crippen molar-refractivity contribution in [3.05, 3.63) is 54.1 Å². The van der Waals surface area contributed by atoms with Crippen LogP contribution in [-0.4, -0.2) is 76.7 Å². The average molecular weight is 652 g/mol. The molecule has 0 radical (unpaired) electrons. The van der Waals surface area contributed by atoms with Crippen molar-refractivity contribution in [2.24, 2.45) is 11.8 Å². The standard InChI is InChI=1S/C31H40BrClN2O6/c1-4-6-11-18-40-30(39)23-24-28(37)35(16-9-7-8-10-17-36)27(31(24)19-21(32)26(23)41-31)29(38)34(15-5-2)25-20(3)13-12-14-22(25)33/h4-5,12-14,21,23-24,26-27,36H,1-2,6-11,15-19H2,3H3/t21?,23-,24+,26-,27?,31?/m1/s1. The first-order chi connectivity index (χ1) is 19.7. The second-order valence-electron chi connectivity index (χ2n) is 11.1. The number of nitrogens with zero attached hydrogens (tertiary/aromatic N) is 2. The number of para-hydroxylation sites is 1. The number of aliphatic hydroxyl groups is 1. The summed E-state index contributed by atoms with van der Waals surface area (Å²) in [6, 6.07) is 4.50. The smallest absolute Gasteiger partial charge is 0.312 e. The minimum Gasteiger partial charge on any atom is -0.465 e. The zero-order valence-electron chi connectivity index (χ0n) is 23.6. The number of amides is 2. The molecule has 3 unspecified atom stereocenters. The number of halogens is 2. The first kappa shape index (κ1) is 31.7. The maximum atomic E-state index is 14.7. The fraction of sp³-hybridized carbons (Fsp3) is 0.581. The number of aliphatic hydroxyl groups excluding tert-OH is 1. The first-order valence-electron chi connectivity index (χ1n) is 14.4. The highest BCUT2D eigenvalue weighted by Gasteiger charge is 2.77. The van der Waals surface area contributed by atoms with E-state index in [9.17, 15) is 19.5 Å². The minimum absolute atomic E-state index is 0.112. The molecule has 3 heterocycles. The Morgan fingerprint density at radius 3 is 2.68 bits per heavy atom. The zero-order valence-corrected chi connectivity index (χ0v) is 25.9. The van der Waals surface area contributed by atoms with Crippen LogP contribution in [0.25, 0.3) is 0 Å². The summed E-state index contributed by atoms with van der Waals surface area (Å²) < 4.78 is 12.2. The fourth-order valence-electron chi connectivity index (χ4n) is 6.70. The summed E-state index contributed by atoms with van der Waals surface area (Å²) >= 11 is 10.3. The highest BCUT2D eigenvalue weighted by atomic mass is 79.9. The summed E-state index contributed by atoms with van der Waals surface area (Å²) in [5.41, 5.74) is 0.199. The third-order valence-corrected chi connectivity index (χ3v) is 9.59. The lowest BCUT2D eigenvalue weighted by atomic mass is 9.70. The lowest BCUT2D eigenvalue weighted by molar-refractivity contribution is -0.155. The van der Waals surface area contributed by atoms with E-state index < -0.39 is 35.6 Å². The molecule has 224 valence electrons. The molecule has 3 aliphatic heterocycles. The predicted octanol–water partition coefficient (Wildman–Crippen LogP) is 4.98. The number of aryl methyl sites for hydroxylation is 1. The molecule has 3 fully saturated rings. The number of alkyl halides is 1. The first-order valence-corrected chi connectivity index (χ1v) is 15.7. The van der Waals surface area contributed by atoms with Crippen molar-refractivity contribution in [3.63, 3.8) is 0 Å². The third-order valence-electron chi connectivity index (χ3n) is 8.44. The van der Waals surface area contributed by atoms with Crippen molar-refractivity contribution in [1.29, 1.82) is 0 Å². The maximum absolute atomic E-state index is 14.7. The highest BCUT2D eigenvalue weighted by Crippen LogP contribution is 2.60. The Morgan fingerprint density at radius 1 is 1.24 bits per heavy atom. The molecule has 1 spiro atoms. The van der Waals surface area contributed by atoms with Gasteiger partial charge in [-0.05, 0) is 50.7 Å². The van der Waals surface area contributed by atoms with Crippen molar-refractivity contribution < 1.29 is 29.0 Å². The molecule has 41 heavy (non-hydrogen) atoms. The minimum atomic E-state index is -1.18. The second-order valence-corrected chi connectivity index (χ2v) is 12.7. The zero-order chi connectivity index (χ0) is 29.7. The van der Waals surface area contributed by atoms with Gasteiger partial charge >= 0.3 is 5.97 Å². The summed E-state index contributed by atoms with van der Waals surface area (Å²) in [5, 5.41) is 9.59. The second kappa shape index (κ2) is 13.8. The van der Waals surface area contributed by atoms with Gasteiger partial charge in [0.1, 0.15) is 11.6 Å². The molecule has 4 rings (SSSR count).